The minimum absolute atomic E-state index is 0.0461. The van der Waals surface area contributed by atoms with Crippen molar-refractivity contribution in [3.8, 4) is 11.5 Å². The number of rotatable bonds is 4. The molecular weight excluding hydrogens is 232 g/mol. The summed E-state index contributed by atoms with van der Waals surface area (Å²) in [5.74, 6) is 1.43. The quantitative estimate of drug-likeness (QED) is 0.869. The molecule has 0 fully saturated rings. The van der Waals surface area contributed by atoms with Crippen LogP contribution in [-0.4, -0.2) is 30.7 Å². The highest BCUT2D eigenvalue weighted by molar-refractivity contribution is 5.81. The Morgan fingerprint density at radius 3 is 2.89 bits per heavy atom. The van der Waals surface area contributed by atoms with Crippen molar-refractivity contribution in [2.75, 3.05) is 13.8 Å². The van der Waals surface area contributed by atoms with Gasteiger partial charge in [-0.2, -0.15) is 0 Å². The zero-order valence-corrected chi connectivity index (χ0v) is 10.7. The molecule has 1 amide bonds. The second-order valence-corrected chi connectivity index (χ2v) is 4.40. The summed E-state index contributed by atoms with van der Waals surface area (Å²) >= 11 is 0. The molecule has 2 rings (SSSR count). The molecule has 5 nitrogen and oxygen atoms in total. The van der Waals surface area contributed by atoms with Gasteiger partial charge in [0.15, 0.2) is 11.5 Å². The van der Waals surface area contributed by atoms with E-state index in [4.69, 9.17) is 15.2 Å². The molecule has 0 saturated heterocycles. The molecule has 1 aliphatic heterocycles. The van der Waals surface area contributed by atoms with Crippen LogP contribution in [0, 0.1) is 0 Å². The largest absolute Gasteiger partial charge is 0.454 e. The monoisotopic (exact) mass is 250 g/mol. The average molecular weight is 250 g/mol. The Balaban J connectivity index is 2.03. The van der Waals surface area contributed by atoms with E-state index in [1.54, 1.807) is 11.9 Å². The number of nitrogens with two attached hydrogens (primary N) is 1. The summed E-state index contributed by atoms with van der Waals surface area (Å²) in [7, 11) is 1.75. The maximum atomic E-state index is 11.9. The Kier molecular flexibility index (Phi) is 3.72. The topological polar surface area (TPSA) is 64.8 Å². The van der Waals surface area contributed by atoms with Crippen LogP contribution in [0.3, 0.4) is 0 Å². The molecule has 1 aromatic rings. The zero-order valence-electron chi connectivity index (χ0n) is 10.7. The molecule has 0 radical (unpaired) electrons. The molecular formula is C13H18N2O3. The fraction of sp³-hybridized carbons (Fsp3) is 0.462. The molecule has 5 heteroatoms. The molecule has 2 N–H and O–H groups in total. The van der Waals surface area contributed by atoms with Crippen LogP contribution in [0.15, 0.2) is 18.2 Å². The Morgan fingerprint density at radius 1 is 1.44 bits per heavy atom. The first-order chi connectivity index (χ1) is 8.61. The number of carbonyl (C=O) groups is 1. The summed E-state index contributed by atoms with van der Waals surface area (Å²) in [5.41, 5.74) is 6.72. The summed E-state index contributed by atoms with van der Waals surface area (Å²) in [6, 6.07) is 5.25. The van der Waals surface area contributed by atoms with Crippen molar-refractivity contribution < 1.29 is 14.3 Å². The van der Waals surface area contributed by atoms with Crippen LogP contribution in [0.25, 0.3) is 0 Å². The van der Waals surface area contributed by atoms with E-state index in [-0.39, 0.29) is 12.7 Å². The molecule has 0 aliphatic carbocycles. The maximum absolute atomic E-state index is 11.9. The van der Waals surface area contributed by atoms with Crippen LogP contribution in [0.5, 0.6) is 11.5 Å². The number of amides is 1. The maximum Gasteiger partial charge on any atom is 0.239 e. The minimum atomic E-state index is -0.427. The van der Waals surface area contributed by atoms with Crippen LogP contribution in [0.1, 0.15) is 18.9 Å². The van der Waals surface area contributed by atoms with Gasteiger partial charge in [0, 0.05) is 13.6 Å². The van der Waals surface area contributed by atoms with Gasteiger partial charge in [0.1, 0.15) is 0 Å². The molecule has 1 heterocycles. The Morgan fingerprint density at radius 2 is 2.17 bits per heavy atom. The number of likely N-dealkylation sites (N-methyl/N-ethyl adjacent to an activating group) is 1. The second kappa shape index (κ2) is 5.27. The van der Waals surface area contributed by atoms with E-state index in [1.807, 2.05) is 25.1 Å². The summed E-state index contributed by atoms with van der Waals surface area (Å²) in [6.45, 7) is 2.68. The van der Waals surface area contributed by atoms with Crippen LogP contribution < -0.4 is 15.2 Å². The van der Waals surface area contributed by atoms with E-state index in [0.717, 1.165) is 17.1 Å². The number of nitrogens with zero attached hydrogens (tertiary/aromatic N) is 1. The Hall–Kier alpha value is -1.75. The van der Waals surface area contributed by atoms with E-state index in [9.17, 15) is 4.79 Å². The van der Waals surface area contributed by atoms with Gasteiger partial charge in [-0.05, 0) is 24.1 Å². The normalized spacial score (nSPS) is 14.4. The van der Waals surface area contributed by atoms with Crippen LogP contribution in [0.2, 0.25) is 0 Å². The molecule has 1 aromatic carbocycles. The smallest absolute Gasteiger partial charge is 0.239 e. The van der Waals surface area contributed by atoms with Gasteiger partial charge in [-0.1, -0.05) is 13.0 Å². The van der Waals surface area contributed by atoms with Crippen LogP contribution in [-0.2, 0) is 11.3 Å². The fourth-order valence-electron chi connectivity index (χ4n) is 1.85. The van der Waals surface area contributed by atoms with Crippen molar-refractivity contribution in [3.05, 3.63) is 23.8 Å². The summed E-state index contributed by atoms with van der Waals surface area (Å²) in [5, 5.41) is 0. The summed E-state index contributed by atoms with van der Waals surface area (Å²) in [6.07, 6.45) is 0.643. The van der Waals surface area contributed by atoms with Crippen molar-refractivity contribution >= 4 is 5.91 Å². The second-order valence-electron chi connectivity index (χ2n) is 4.40. The number of carbonyl (C=O) groups excluding carboxylic acids is 1. The first kappa shape index (κ1) is 12.7. The third-order valence-corrected chi connectivity index (χ3v) is 2.99. The van der Waals surface area contributed by atoms with Crippen molar-refractivity contribution in [2.45, 2.75) is 25.9 Å². The molecule has 18 heavy (non-hydrogen) atoms. The van der Waals surface area contributed by atoms with Crippen molar-refractivity contribution in [3.63, 3.8) is 0 Å². The van der Waals surface area contributed by atoms with E-state index in [0.29, 0.717) is 13.0 Å². The van der Waals surface area contributed by atoms with Gasteiger partial charge >= 0.3 is 0 Å². The Bertz CT molecular complexity index is 448. The van der Waals surface area contributed by atoms with Crippen molar-refractivity contribution in [2.24, 2.45) is 5.73 Å². The predicted octanol–water partition coefficient (Wildman–Crippen LogP) is 1.11. The zero-order chi connectivity index (χ0) is 13.1. The van der Waals surface area contributed by atoms with Gasteiger partial charge in [0.05, 0.1) is 6.04 Å². The van der Waals surface area contributed by atoms with Gasteiger partial charge in [0.25, 0.3) is 0 Å². The lowest BCUT2D eigenvalue weighted by atomic mass is 10.1. The van der Waals surface area contributed by atoms with E-state index in [1.165, 1.54) is 0 Å². The van der Waals surface area contributed by atoms with E-state index in [2.05, 4.69) is 0 Å². The molecule has 1 aliphatic rings. The molecule has 0 saturated carbocycles. The summed E-state index contributed by atoms with van der Waals surface area (Å²) < 4.78 is 10.5. The fourth-order valence-corrected chi connectivity index (χ4v) is 1.85. The molecule has 0 bridgehead atoms. The van der Waals surface area contributed by atoms with Crippen molar-refractivity contribution in [1.82, 2.24) is 4.90 Å². The number of fused-ring (bicyclic) bond motifs is 1. The van der Waals surface area contributed by atoms with Crippen molar-refractivity contribution in [1.29, 1.82) is 0 Å². The lowest BCUT2D eigenvalue weighted by Crippen LogP contribution is -2.40. The van der Waals surface area contributed by atoms with Gasteiger partial charge in [0.2, 0.25) is 12.7 Å². The Labute approximate surface area is 106 Å². The first-order valence-electron chi connectivity index (χ1n) is 6.01. The van der Waals surface area contributed by atoms with Crippen LogP contribution in [0.4, 0.5) is 0 Å². The highest BCUT2D eigenvalue weighted by atomic mass is 16.7. The van der Waals surface area contributed by atoms with Crippen LogP contribution >= 0.6 is 0 Å². The highest BCUT2D eigenvalue weighted by Gasteiger charge is 2.18. The summed E-state index contributed by atoms with van der Waals surface area (Å²) in [4.78, 5) is 13.5. The van der Waals surface area contributed by atoms with Gasteiger partial charge < -0.3 is 20.1 Å². The number of ether oxygens (including phenoxy) is 2. The average Bonchev–Trinajstić information content (AvgIpc) is 2.84. The molecule has 0 aromatic heterocycles. The third kappa shape index (κ3) is 2.56. The highest BCUT2D eigenvalue weighted by Crippen LogP contribution is 2.32. The molecule has 0 spiro atoms. The van der Waals surface area contributed by atoms with Gasteiger partial charge in [-0.15, -0.1) is 0 Å². The third-order valence-electron chi connectivity index (χ3n) is 2.99. The standard InChI is InChI=1S/C13H18N2O3/c1-3-10(14)13(16)15(2)7-9-4-5-11-12(6-9)18-8-17-11/h4-6,10H,3,7-8,14H2,1-2H3/t10-/m0/s1. The van der Waals surface area contributed by atoms with Gasteiger partial charge in [-0.3, -0.25) is 4.79 Å². The van der Waals surface area contributed by atoms with E-state index < -0.39 is 6.04 Å². The lowest BCUT2D eigenvalue weighted by molar-refractivity contribution is -0.131. The number of benzene rings is 1. The number of hydrogen-bond donors (Lipinski definition) is 1. The minimum Gasteiger partial charge on any atom is -0.454 e. The van der Waals surface area contributed by atoms with E-state index >= 15 is 0 Å². The molecule has 0 unspecified atom stereocenters. The molecule has 98 valence electrons. The SMILES string of the molecule is CC[C@H](N)C(=O)N(C)Cc1ccc2c(c1)OCO2. The van der Waals surface area contributed by atoms with Gasteiger partial charge in [-0.25, -0.2) is 0 Å². The molecule has 1 atom stereocenters. The lowest BCUT2D eigenvalue weighted by Gasteiger charge is -2.20. The first-order valence-corrected chi connectivity index (χ1v) is 6.01. The number of hydrogen-bond acceptors (Lipinski definition) is 4. The predicted molar refractivity (Wildman–Crippen MR) is 67.3 cm³/mol.